The molecule has 124 valence electrons. The fourth-order valence-electron chi connectivity index (χ4n) is 2.10. The van der Waals surface area contributed by atoms with E-state index in [2.05, 4.69) is 5.32 Å². The topological polar surface area (TPSA) is 29.1 Å². The van der Waals surface area contributed by atoms with E-state index in [1.807, 2.05) is 91.0 Å². The predicted molar refractivity (Wildman–Crippen MR) is 108 cm³/mol. The maximum absolute atomic E-state index is 12.4. The molecule has 0 radical (unpaired) electrons. The van der Waals surface area contributed by atoms with Crippen molar-refractivity contribution in [2.24, 2.45) is 0 Å². The summed E-state index contributed by atoms with van der Waals surface area (Å²) in [7, 11) is 0. The number of carbonyl (C=O) groups excluding carboxylic acids is 1. The van der Waals surface area contributed by atoms with E-state index in [1.54, 1.807) is 29.6 Å². The van der Waals surface area contributed by atoms with Crippen LogP contribution in [0.25, 0.3) is 0 Å². The third-order valence-corrected chi connectivity index (χ3v) is 5.37. The summed E-state index contributed by atoms with van der Waals surface area (Å²) in [4.78, 5) is 14.6. The van der Waals surface area contributed by atoms with Crippen molar-refractivity contribution in [2.75, 3.05) is 5.32 Å². The Bertz CT molecular complexity index is 790. The number of nitrogens with one attached hydrogen (secondary N) is 1. The highest BCUT2D eigenvalue weighted by Crippen LogP contribution is 2.38. The fraction of sp³-hybridized carbons (Fsp3) is 0. The quantitative estimate of drug-likeness (QED) is 0.427. The average molecular weight is 364 g/mol. The summed E-state index contributed by atoms with van der Waals surface area (Å²) in [5.74, 6) is -0.131. The third-order valence-electron chi connectivity index (χ3n) is 3.21. The molecule has 0 bridgehead atoms. The first kappa shape index (κ1) is 17.4. The van der Waals surface area contributed by atoms with Crippen LogP contribution in [0.2, 0.25) is 0 Å². The van der Waals surface area contributed by atoms with E-state index in [0.717, 1.165) is 19.7 Å². The highest BCUT2D eigenvalue weighted by Gasteiger charge is 2.07. The Hall–Kier alpha value is -2.43. The van der Waals surface area contributed by atoms with Crippen LogP contribution >= 0.6 is 23.5 Å². The molecular weight excluding hydrogens is 346 g/mol. The molecule has 0 aliphatic rings. The lowest BCUT2D eigenvalue weighted by atomic mass is 10.3. The standard InChI is InChI=1S/C21H17NOS2/c23-20(22-17-10-4-1-5-11-17)16-21(24-18-12-6-2-7-13-18)25-19-14-8-3-9-15-19/h1-16H,(H,22,23). The number of amides is 1. The molecule has 0 heterocycles. The summed E-state index contributed by atoms with van der Waals surface area (Å²) in [6.45, 7) is 0. The van der Waals surface area contributed by atoms with Gasteiger partial charge in [0.05, 0.1) is 4.24 Å². The Kier molecular flexibility index (Phi) is 6.37. The van der Waals surface area contributed by atoms with Crippen molar-refractivity contribution in [3.63, 3.8) is 0 Å². The first-order valence-corrected chi connectivity index (χ1v) is 9.46. The number of thioether (sulfide) groups is 2. The molecule has 0 fully saturated rings. The molecule has 0 aliphatic carbocycles. The molecule has 3 aromatic carbocycles. The van der Waals surface area contributed by atoms with Crippen molar-refractivity contribution in [3.05, 3.63) is 101 Å². The van der Waals surface area contributed by atoms with E-state index < -0.39 is 0 Å². The van der Waals surface area contributed by atoms with E-state index >= 15 is 0 Å². The van der Waals surface area contributed by atoms with Crippen LogP contribution in [-0.4, -0.2) is 5.91 Å². The molecule has 3 aromatic rings. The van der Waals surface area contributed by atoms with Crippen LogP contribution in [0.4, 0.5) is 5.69 Å². The van der Waals surface area contributed by atoms with Crippen LogP contribution in [0, 0.1) is 0 Å². The monoisotopic (exact) mass is 363 g/mol. The largest absolute Gasteiger partial charge is 0.322 e. The lowest BCUT2D eigenvalue weighted by Gasteiger charge is -2.08. The molecule has 25 heavy (non-hydrogen) atoms. The number of benzene rings is 3. The fourth-order valence-corrected chi connectivity index (χ4v) is 4.22. The van der Waals surface area contributed by atoms with Gasteiger partial charge in [0.1, 0.15) is 0 Å². The Morgan fingerprint density at radius 3 is 1.60 bits per heavy atom. The van der Waals surface area contributed by atoms with Crippen molar-refractivity contribution in [2.45, 2.75) is 9.79 Å². The second kappa shape index (κ2) is 9.16. The van der Waals surface area contributed by atoms with Crippen LogP contribution < -0.4 is 5.32 Å². The van der Waals surface area contributed by atoms with Gasteiger partial charge in [-0.15, -0.1) is 0 Å². The summed E-state index contributed by atoms with van der Waals surface area (Å²) in [6.07, 6.45) is 1.66. The van der Waals surface area contributed by atoms with Gasteiger partial charge in [0.2, 0.25) is 5.91 Å². The molecule has 3 rings (SSSR count). The molecule has 0 unspecified atom stereocenters. The van der Waals surface area contributed by atoms with Gasteiger partial charge in [-0.1, -0.05) is 78.1 Å². The average Bonchev–Trinajstić information content (AvgIpc) is 2.64. The maximum Gasteiger partial charge on any atom is 0.250 e. The lowest BCUT2D eigenvalue weighted by molar-refractivity contribution is -0.111. The molecule has 0 aliphatic heterocycles. The Morgan fingerprint density at radius 2 is 1.12 bits per heavy atom. The van der Waals surface area contributed by atoms with Crippen LogP contribution in [-0.2, 0) is 4.79 Å². The molecule has 0 aromatic heterocycles. The SMILES string of the molecule is O=C(C=C(Sc1ccccc1)Sc1ccccc1)Nc1ccccc1. The Balaban J connectivity index is 1.78. The lowest BCUT2D eigenvalue weighted by Crippen LogP contribution is -2.08. The summed E-state index contributed by atoms with van der Waals surface area (Å²) in [5, 5.41) is 2.90. The smallest absolute Gasteiger partial charge is 0.250 e. The molecule has 4 heteroatoms. The summed E-state index contributed by atoms with van der Waals surface area (Å²) in [6, 6.07) is 29.6. The van der Waals surface area contributed by atoms with Crippen molar-refractivity contribution >= 4 is 35.1 Å². The van der Waals surface area contributed by atoms with Gasteiger partial charge in [0.15, 0.2) is 0 Å². The zero-order chi connectivity index (χ0) is 17.3. The van der Waals surface area contributed by atoms with E-state index in [1.165, 1.54) is 0 Å². The van der Waals surface area contributed by atoms with Gasteiger partial charge in [0, 0.05) is 21.6 Å². The number of rotatable bonds is 6. The second-order valence-electron chi connectivity index (χ2n) is 5.15. The molecule has 0 atom stereocenters. The zero-order valence-corrected chi connectivity index (χ0v) is 15.1. The molecule has 2 nitrogen and oxygen atoms in total. The van der Waals surface area contributed by atoms with Gasteiger partial charge in [-0.2, -0.15) is 0 Å². The molecule has 0 saturated heterocycles. The highest BCUT2D eigenvalue weighted by molar-refractivity contribution is 8.22. The van der Waals surface area contributed by atoms with Crippen LogP contribution in [0.5, 0.6) is 0 Å². The zero-order valence-electron chi connectivity index (χ0n) is 13.5. The van der Waals surface area contributed by atoms with Gasteiger partial charge in [0.25, 0.3) is 0 Å². The van der Waals surface area contributed by atoms with E-state index in [-0.39, 0.29) is 5.91 Å². The third kappa shape index (κ3) is 5.85. The molecule has 0 spiro atoms. The van der Waals surface area contributed by atoms with Crippen molar-refractivity contribution in [1.82, 2.24) is 0 Å². The van der Waals surface area contributed by atoms with Crippen molar-refractivity contribution in [1.29, 1.82) is 0 Å². The van der Waals surface area contributed by atoms with Gasteiger partial charge < -0.3 is 5.32 Å². The molecule has 1 amide bonds. The van der Waals surface area contributed by atoms with Gasteiger partial charge in [-0.3, -0.25) is 4.79 Å². The van der Waals surface area contributed by atoms with E-state index in [9.17, 15) is 4.79 Å². The van der Waals surface area contributed by atoms with Crippen LogP contribution in [0.3, 0.4) is 0 Å². The normalized spacial score (nSPS) is 10.1. The van der Waals surface area contributed by atoms with Gasteiger partial charge in [-0.25, -0.2) is 0 Å². The van der Waals surface area contributed by atoms with Gasteiger partial charge >= 0.3 is 0 Å². The number of hydrogen-bond donors (Lipinski definition) is 1. The number of carbonyl (C=O) groups is 1. The molecule has 0 saturated carbocycles. The number of para-hydroxylation sites is 1. The molecule has 1 N–H and O–H groups in total. The van der Waals surface area contributed by atoms with Crippen molar-refractivity contribution in [3.8, 4) is 0 Å². The summed E-state index contributed by atoms with van der Waals surface area (Å²) < 4.78 is 0.922. The molecular formula is C21H17NOS2. The minimum atomic E-state index is -0.131. The number of hydrogen-bond acceptors (Lipinski definition) is 3. The number of anilines is 1. The first-order valence-electron chi connectivity index (χ1n) is 7.83. The Labute approximate surface area is 156 Å². The predicted octanol–water partition coefficient (Wildman–Crippen LogP) is 6.05. The van der Waals surface area contributed by atoms with E-state index in [0.29, 0.717) is 0 Å². The summed E-state index contributed by atoms with van der Waals surface area (Å²) >= 11 is 3.17. The minimum Gasteiger partial charge on any atom is -0.322 e. The Morgan fingerprint density at radius 1 is 0.680 bits per heavy atom. The second-order valence-corrected chi connectivity index (χ2v) is 7.64. The maximum atomic E-state index is 12.4. The van der Waals surface area contributed by atoms with Crippen LogP contribution in [0.1, 0.15) is 0 Å². The van der Waals surface area contributed by atoms with Crippen molar-refractivity contribution < 1.29 is 4.79 Å². The van der Waals surface area contributed by atoms with Gasteiger partial charge in [-0.05, 0) is 36.4 Å². The minimum absolute atomic E-state index is 0.131. The first-order chi connectivity index (χ1) is 12.3. The highest BCUT2D eigenvalue weighted by atomic mass is 32.2. The summed E-state index contributed by atoms with van der Waals surface area (Å²) in [5.41, 5.74) is 0.789. The van der Waals surface area contributed by atoms with Crippen LogP contribution in [0.15, 0.2) is 111 Å². The van der Waals surface area contributed by atoms with E-state index in [4.69, 9.17) is 0 Å².